The molecule has 0 radical (unpaired) electrons. The van der Waals surface area contributed by atoms with Crippen LogP contribution in [0.2, 0.25) is 0 Å². The van der Waals surface area contributed by atoms with Gasteiger partial charge in [-0.05, 0) is 23.8 Å². The van der Waals surface area contributed by atoms with Gasteiger partial charge >= 0.3 is 0 Å². The van der Waals surface area contributed by atoms with Gasteiger partial charge in [0.1, 0.15) is 0 Å². The summed E-state index contributed by atoms with van der Waals surface area (Å²) in [4.78, 5) is 27.1. The molecular weight excluding hydrogens is 266 g/mol. The van der Waals surface area contributed by atoms with Crippen molar-refractivity contribution in [3.63, 3.8) is 0 Å². The first-order chi connectivity index (χ1) is 9.15. The highest BCUT2D eigenvalue weighted by atomic mass is 32.1. The Balaban J connectivity index is 2.07. The van der Waals surface area contributed by atoms with Gasteiger partial charge in [-0.25, -0.2) is 0 Å². The number of hydrogen-bond donors (Lipinski definition) is 0. The first-order valence-electron chi connectivity index (χ1n) is 5.65. The largest absolute Gasteiger partial charge is 0.282 e. The first-order valence-corrected chi connectivity index (χ1v) is 6.47. The van der Waals surface area contributed by atoms with Crippen molar-refractivity contribution in [1.82, 2.24) is 4.57 Å². The molecule has 1 aliphatic rings. The number of nitrogens with zero attached hydrogens (tertiary/aromatic N) is 3. The van der Waals surface area contributed by atoms with Gasteiger partial charge in [-0.3, -0.25) is 24.5 Å². The maximum Gasteiger partial charge on any atom is 0.270 e. The Labute approximate surface area is 111 Å². The molecule has 0 amide bonds. The van der Waals surface area contributed by atoms with Crippen molar-refractivity contribution in [2.24, 2.45) is 4.99 Å². The Hall–Kier alpha value is -2.28. The Morgan fingerprint density at radius 1 is 1.37 bits per heavy atom. The van der Waals surface area contributed by atoms with Crippen LogP contribution in [0.25, 0.3) is 6.08 Å². The third kappa shape index (κ3) is 2.08. The van der Waals surface area contributed by atoms with Crippen molar-refractivity contribution in [2.75, 3.05) is 6.54 Å². The second-order valence-electron chi connectivity index (χ2n) is 4.08. The van der Waals surface area contributed by atoms with Crippen LogP contribution in [0.15, 0.2) is 34.1 Å². The first kappa shape index (κ1) is 11.8. The van der Waals surface area contributed by atoms with Crippen molar-refractivity contribution in [3.05, 3.63) is 59.6 Å². The van der Waals surface area contributed by atoms with E-state index in [-0.39, 0.29) is 11.2 Å². The molecule has 96 valence electrons. The lowest BCUT2D eigenvalue weighted by molar-refractivity contribution is -0.384. The van der Waals surface area contributed by atoms with Crippen molar-refractivity contribution in [1.29, 1.82) is 0 Å². The van der Waals surface area contributed by atoms with Crippen molar-refractivity contribution in [2.45, 2.75) is 6.54 Å². The summed E-state index contributed by atoms with van der Waals surface area (Å²) >= 11 is 1.35. The molecule has 2 aromatic rings. The fourth-order valence-electron chi connectivity index (χ4n) is 1.91. The molecule has 1 aromatic carbocycles. The Morgan fingerprint density at radius 3 is 2.74 bits per heavy atom. The van der Waals surface area contributed by atoms with Crippen LogP contribution in [0.5, 0.6) is 0 Å². The quantitative estimate of drug-likeness (QED) is 0.583. The summed E-state index contributed by atoms with van der Waals surface area (Å²) in [6.07, 6.45) is 1.73. The molecule has 6 nitrogen and oxygen atoms in total. The van der Waals surface area contributed by atoms with Crippen LogP contribution in [-0.4, -0.2) is 16.0 Å². The van der Waals surface area contributed by atoms with E-state index in [1.165, 1.54) is 23.5 Å². The summed E-state index contributed by atoms with van der Waals surface area (Å²) in [5.41, 5.74) is 0.764. The summed E-state index contributed by atoms with van der Waals surface area (Å²) in [6.45, 7) is 1.30. The van der Waals surface area contributed by atoms with E-state index in [1.807, 2.05) is 0 Å². The molecule has 0 aliphatic carbocycles. The van der Waals surface area contributed by atoms with Gasteiger partial charge in [-0.2, -0.15) is 0 Å². The molecule has 0 spiro atoms. The fraction of sp³-hybridized carbons (Fsp3) is 0.167. The maximum atomic E-state index is 12.0. The van der Waals surface area contributed by atoms with Crippen LogP contribution < -0.4 is 14.9 Å². The Bertz CT molecular complexity index is 817. The Kier molecular flexibility index (Phi) is 2.75. The van der Waals surface area contributed by atoms with E-state index in [0.717, 1.165) is 10.4 Å². The Morgan fingerprint density at radius 2 is 2.11 bits per heavy atom. The average Bonchev–Trinajstić information content (AvgIpc) is 2.95. The van der Waals surface area contributed by atoms with Gasteiger partial charge in [-0.15, -0.1) is 0 Å². The zero-order valence-electron chi connectivity index (χ0n) is 9.78. The summed E-state index contributed by atoms with van der Waals surface area (Å²) in [5, 5.41) is 10.6. The molecule has 0 saturated heterocycles. The molecule has 0 fully saturated rings. The van der Waals surface area contributed by atoms with Crippen LogP contribution >= 0.6 is 11.3 Å². The van der Waals surface area contributed by atoms with Gasteiger partial charge in [-0.1, -0.05) is 11.3 Å². The lowest BCUT2D eigenvalue weighted by Crippen LogP contribution is -2.29. The highest BCUT2D eigenvalue weighted by Crippen LogP contribution is 2.12. The van der Waals surface area contributed by atoms with Gasteiger partial charge in [0, 0.05) is 18.7 Å². The molecular formula is C12H9N3O3S. The van der Waals surface area contributed by atoms with E-state index in [1.54, 1.807) is 22.8 Å². The zero-order valence-corrected chi connectivity index (χ0v) is 10.6. The second-order valence-corrected chi connectivity index (χ2v) is 5.09. The molecule has 3 rings (SSSR count). The SMILES string of the molecule is O=c1/c(=C/c2ccc([N+](=O)[O-])cc2)sc2n1CCN=2. The number of fused-ring (bicyclic) bond motifs is 1. The van der Waals surface area contributed by atoms with Gasteiger partial charge in [0.2, 0.25) is 0 Å². The van der Waals surface area contributed by atoms with E-state index in [0.29, 0.717) is 17.6 Å². The van der Waals surface area contributed by atoms with E-state index < -0.39 is 4.92 Å². The summed E-state index contributed by atoms with van der Waals surface area (Å²) in [7, 11) is 0. The lowest BCUT2D eigenvalue weighted by atomic mass is 10.2. The highest BCUT2D eigenvalue weighted by Gasteiger charge is 2.09. The monoisotopic (exact) mass is 275 g/mol. The average molecular weight is 275 g/mol. The van der Waals surface area contributed by atoms with Gasteiger partial charge in [0.05, 0.1) is 16.0 Å². The van der Waals surface area contributed by atoms with Crippen molar-refractivity contribution in [3.8, 4) is 0 Å². The number of rotatable bonds is 2. The molecule has 0 atom stereocenters. The number of benzene rings is 1. The van der Waals surface area contributed by atoms with Gasteiger partial charge in [0.15, 0.2) is 4.80 Å². The number of hydrogen-bond acceptors (Lipinski definition) is 5. The number of nitro groups is 1. The minimum absolute atomic E-state index is 0.0394. The normalized spacial score (nSPS) is 14.2. The molecule has 0 N–H and O–H groups in total. The maximum absolute atomic E-state index is 12.0. The predicted molar refractivity (Wildman–Crippen MR) is 70.9 cm³/mol. The number of thiazole rings is 1. The molecule has 2 heterocycles. The smallest absolute Gasteiger partial charge is 0.270 e. The van der Waals surface area contributed by atoms with E-state index in [9.17, 15) is 14.9 Å². The lowest BCUT2D eigenvalue weighted by Gasteiger charge is -1.92. The molecule has 0 saturated carbocycles. The minimum atomic E-state index is -0.447. The van der Waals surface area contributed by atoms with Crippen LogP contribution in [-0.2, 0) is 6.54 Å². The third-order valence-electron chi connectivity index (χ3n) is 2.86. The van der Waals surface area contributed by atoms with E-state index >= 15 is 0 Å². The topological polar surface area (TPSA) is 77.5 Å². The number of non-ortho nitro benzene ring substituents is 1. The highest BCUT2D eigenvalue weighted by molar-refractivity contribution is 7.07. The second kappa shape index (κ2) is 4.43. The van der Waals surface area contributed by atoms with E-state index in [4.69, 9.17) is 0 Å². The van der Waals surface area contributed by atoms with Crippen molar-refractivity contribution >= 4 is 23.1 Å². The predicted octanol–water partition coefficient (Wildman–Crippen LogP) is 0.280. The summed E-state index contributed by atoms with van der Waals surface area (Å²) in [5.74, 6) is 0. The number of aromatic nitrogens is 1. The van der Waals surface area contributed by atoms with Crippen LogP contribution in [0.3, 0.4) is 0 Å². The summed E-state index contributed by atoms with van der Waals surface area (Å²) in [6, 6.07) is 6.11. The summed E-state index contributed by atoms with van der Waals surface area (Å²) < 4.78 is 2.26. The molecule has 1 aromatic heterocycles. The van der Waals surface area contributed by atoms with Crippen LogP contribution in [0.4, 0.5) is 5.69 Å². The van der Waals surface area contributed by atoms with Gasteiger partial charge < -0.3 is 0 Å². The standard InChI is InChI=1S/C12H9N3O3S/c16-11-10(19-12-13-5-6-14(11)12)7-8-1-3-9(4-2-8)15(17)18/h1-4,7H,5-6H2/b10-7-. The fourth-order valence-corrected chi connectivity index (χ4v) is 2.94. The van der Waals surface area contributed by atoms with Crippen LogP contribution in [0.1, 0.15) is 5.56 Å². The molecule has 0 bridgehead atoms. The van der Waals surface area contributed by atoms with Crippen LogP contribution in [0, 0.1) is 10.1 Å². The third-order valence-corrected chi connectivity index (χ3v) is 3.90. The molecule has 0 unspecified atom stereocenters. The number of nitro benzene ring substituents is 1. The molecule has 19 heavy (non-hydrogen) atoms. The molecule has 1 aliphatic heterocycles. The van der Waals surface area contributed by atoms with Crippen molar-refractivity contribution < 1.29 is 4.92 Å². The molecule has 7 heteroatoms. The van der Waals surface area contributed by atoms with Gasteiger partial charge in [0.25, 0.3) is 11.2 Å². The van der Waals surface area contributed by atoms with E-state index in [2.05, 4.69) is 4.99 Å². The zero-order chi connectivity index (χ0) is 13.4. The minimum Gasteiger partial charge on any atom is -0.282 e.